The molecule has 1 aromatic rings. The highest BCUT2D eigenvalue weighted by atomic mass is 19.4. The maximum absolute atomic E-state index is 12.8. The zero-order chi connectivity index (χ0) is 14.6. The Kier molecular flexibility index (Phi) is 4.77. The summed E-state index contributed by atoms with van der Waals surface area (Å²) in [6.07, 6.45) is -4.49. The zero-order valence-corrected chi connectivity index (χ0v) is 11.2. The van der Waals surface area contributed by atoms with Gasteiger partial charge >= 0.3 is 6.18 Å². The standard InChI is InChI=1S/C12H17F3N4O/c1-2-20-11-7-9(12(13,14)15)17-10(18-11)8-19-5-3-16-4-6-19/h7,16H,2-6,8H2,1H3. The third kappa shape index (κ3) is 4.04. The van der Waals surface area contributed by atoms with Gasteiger partial charge in [0.1, 0.15) is 5.82 Å². The molecule has 0 aliphatic carbocycles. The predicted octanol–water partition coefficient (Wildman–Crippen LogP) is 1.30. The number of hydrogen-bond donors (Lipinski definition) is 1. The topological polar surface area (TPSA) is 50.3 Å². The number of hydrogen-bond acceptors (Lipinski definition) is 5. The number of halogens is 3. The van der Waals surface area contributed by atoms with E-state index in [-0.39, 0.29) is 18.3 Å². The first-order valence-electron chi connectivity index (χ1n) is 6.50. The van der Waals surface area contributed by atoms with Gasteiger partial charge in [-0.25, -0.2) is 4.98 Å². The Labute approximate surface area is 115 Å². The van der Waals surface area contributed by atoms with Crippen molar-refractivity contribution in [2.45, 2.75) is 19.6 Å². The lowest BCUT2D eigenvalue weighted by Gasteiger charge is -2.26. The minimum absolute atomic E-state index is 0.0278. The lowest BCUT2D eigenvalue weighted by molar-refractivity contribution is -0.141. The number of piperazine rings is 1. The van der Waals surface area contributed by atoms with Crippen molar-refractivity contribution in [2.75, 3.05) is 32.8 Å². The van der Waals surface area contributed by atoms with Crippen LogP contribution in [0.2, 0.25) is 0 Å². The summed E-state index contributed by atoms with van der Waals surface area (Å²) in [4.78, 5) is 9.65. The summed E-state index contributed by atoms with van der Waals surface area (Å²) in [5.74, 6) is 0.116. The molecule has 2 heterocycles. The van der Waals surface area contributed by atoms with E-state index in [4.69, 9.17) is 4.74 Å². The van der Waals surface area contributed by atoms with Crippen molar-refractivity contribution in [3.8, 4) is 5.88 Å². The summed E-state index contributed by atoms with van der Waals surface area (Å²) >= 11 is 0. The fourth-order valence-electron chi connectivity index (χ4n) is 1.98. The molecule has 0 aromatic carbocycles. The quantitative estimate of drug-likeness (QED) is 0.906. The highest BCUT2D eigenvalue weighted by Gasteiger charge is 2.34. The minimum atomic E-state index is -4.49. The number of ether oxygens (including phenoxy) is 1. The molecule has 5 nitrogen and oxygen atoms in total. The van der Waals surface area contributed by atoms with Gasteiger partial charge in [-0.05, 0) is 6.92 Å². The highest BCUT2D eigenvalue weighted by molar-refractivity contribution is 5.18. The molecule has 1 N–H and O–H groups in total. The number of rotatable bonds is 4. The first kappa shape index (κ1) is 15.0. The molecule has 1 aliphatic rings. The van der Waals surface area contributed by atoms with E-state index in [2.05, 4.69) is 15.3 Å². The molecule has 20 heavy (non-hydrogen) atoms. The number of nitrogens with one attached hydrogen (secondary N) is 1. The Morgan fingerprint density at radius 3 is 2.60 bits per heavy atom. The molecule has 0 bridgehead atoms. The van der Waals surface area contributed by atoms with E-state index in [9.17, 15) is 13.2 Å². The van der Waals surface area contributed by atoms with Crippen LogP contribution in [0.1, 0.15) is 18.4 Å². The van der Waals surface area contributed by atoms with Gasteiger partial charge in [0.25, 0.3) is 0 Å². The molecule has 0 unspecified atom stereocenters. The Hall–Kier alpha value is -1.41. The smallest absolute Gasteiger partial charge is 0.433 e. The predicted molar refractivity (Wildman–Crippen MR) is 66.3 cm³/mol. The van der Waals surface area contributed by atoms with Crippen LogP contribution in [0, 0.1) is 0 Å². The van der Waals surface area contributed by atoms with E-state index < -0.39 is 11.9 Å². The molecule has 112 valence electrons. The van der Waals surface area contributed by atoms with Gasteiger partial charge in [-0.1, -0.05) is 0 Å². The van der Waals surface area contributed by atoms with E-state index in [0.29, 0.717) is 6.54 Å². The summed E-state index contributed by atoms with van der Waals surface area (Å²) in [6.45, 7) is 5.43. The maximum atomic E-state index is 12.8. The second kappa shape index (κ2) is 6.36. The van der Waals surface area contributed by atoms with Gasteiger partial charge in [-0.3, -0.25) is 4.90 Å². The van der Waals surface area contributed by atoms with Crippen LogP contribution in [-0.4, -0.2) is 47.7 Å². The van der Waals surface area contributed by atoms with Gasteiger partial charge in [-0.15, -0.1) is 0 Å². The van der Waals surface area contributed by atoms with Crippen LogP contribution in [0.4, 0.5) is 13.2 Å². The third-order valence-electron chi connectivity index (χ3n) is 2.91. The Bertz CT molecular complexity index is 447. The monoisotopic (exact) mass is 290 g/mol. The van der Waals surface area contributed by atoms with Gasteiger partial charge < -0.3 is 10.1 Å². The summed E-state index contributed by atoms with van der Waals surface area (Å²) < 4.78 is 43.5. The number of nitrogens with zero attached hydrogens (tertiary/aromatic N) is 3. The molecule has 8 heteroatoms. The van der Waals surface area contributed by atoms with Crippen molar-refractivity contribution in [3.63, 3.8) is 0 Å². The van der Waals surface area contributed by atoms with Crippen LogP contribution in [0.15, 0.2) is 6.07 Å². The summed E-state index contributed by atoms with van der Waals surface area (Å²) in [6, 6.07) is 0.838. The molecule has 0 radical (unpaired) electrons. The zero-order valence-electron chi connectivity index (χ0n) is 11.2. The van der Waals surface area contributed by atoms with Crippen molar-refractivity contribution in [2.24, 2.45) is 0 Å². The van der Waals surface area contributed by atoms with E-state index in [1.165, 1.54) is 0 Å². The molecule has 2 rings (SSSR count). The summed E-state index contributed by atoms with van der Waals surface area (Å²) in [5, 5.41) is 3.18. The summed E-state index contributed by atoms with van der Waals surface area (Å²) in [5.41, 5.74) is -0.957. The Morgan fingerprint density at radius 2 is 2.00 bits per heavy atom. The Morgan fingerprint density at radius 1 is 1.30 bits per heavy atom. The average molecular weight is 290 g/mol. The maximum Gasteiger partial charge on any atom is 0.433 e. The molecular weight excluding hydrogens is 273 g/mol. The first-order chi connectivity index (χ1) is 9.49. The Balaban J connectivity index is 2.19. The first-order valence-corrected chi connectivity index (χ1v) is 6.50. The lowest BCUT2D eigenvalue weighted by Crippen LogP contribution is -2.43. The SMILES string of the molecule is CCOc1cc(C(F)(F)F)nc(CN2CCNCC2)n1. The van der Waals surface area contributed by atoms with Crippen molar-refractivity contribution >= 4 is 0 Å². The fraction of sp³-hybridized carbons (Fsp3) is 0.667. The van der Waals surface area contributed by atoms with Crippen molar-refractivity contribution in [1.29, 1.82) is 0 Å². The van der Waals surface area contributed by atoms with Gasteiger partial charge in [0.2, 0.25) is 5.88 Å². The molecular formula is C12H17F3N4O. The highest BCUT2D eigenvalue weighted by Crippen LogP contribution is 2.29. The van der Waals surface area contributed by atoms with Crippen LogP contribution in [-0.2, 0) is 12.7 Å². The van der Waals surface area contributed by atoms with Crippen molar-refractivity contribution in [1.82, 2.24) is 20.2 Å². The molecule has 0 amide bonds. The molecule has 1 saturated heterocycles. The molecule has 0 spiro atoms. The van der Waals surface area contributed by atoms with E-state index >= 15 is 0 Å². The second-order valence-electron chi connectivity index (χ2n) is 4.46. The average Bonchev–Trinajstić information content (AvgIpc) is 2.39. The molecule has 1 aliphatic heterocycles. The van der Waals surface area contributed by atoms with Gasteiger partial charge in [0.15, 0.2) is 5.69 Å². The fourth-order valence-corrected chi connectivity index (χ4v) is 1.98. The normalized spacial score (nSPS) is 17.2. The van der Waals surface area contributed by atoms with Gasteiger partial charge in [0.05, 0.1) is 13.2 Å². The van der Waals surface area contributed by atoms with Crippen LogP contribution < -0.4 is 10.1 Å². The van der Waals surface area contributed by atoms with E-state index in [1.54, 1.807) is 6.92 Å². The molecule has 1 aromatic heterocycles. The van der Waals surface area contributed by atoms with Gasteiger partial charge in [-0.2, -0.15) is 18.2 Å². The van der Waals surface area contributed by atoms with Gasteiger partial charge in [0, 0.05) is 32.2 Å². The number of aromatic nitrogens is 2. The van der Waals surface area contributed by atoms with E-state index in [1.807, 2.05) is 4.90 Å². The third-order valence-corrected chi connectivity index (χ3v) is 2.91. The van der Waals surface area contributed by atoms with Crippen LogP contribution >= 0.6 is 0 Å². The van der Waals surface area contributed by atoms with Crippen LogP contribution in [0.25, 0.3) is 0 Å². The van der Waals surface area contributed by atoms with Crippen LogP contribution in [0.5, 0.6) is 5.88 Å². The molecule has 0 atom stereocenters. The van der Waals surface area contributed by atoms with E-state index in [0.717, 1.165) is 32.2 Å². The van der Waals surface area contributed by atoms with Crippen LogP contribution in [0.3, 0.4) is 0 Å². The number of alkyl halides is 3. The van der Waals surface area contributed by atoms with Crippen molar-refractivity contribution in [3.05, 3.63) is 17.6 Å². The van der Waals surface area contributed by atoms with Crippen molar-refractivity contribution < 1.29 is 17.9 Å². The second-order valence-corrected chi connectivity index (χ2v) is 4.46. The molecule has 0 saturated carbocycles. The lowest BCUT2D eigenvalue weighted by atomic mass is 10.3. The molecule has 1 fully saturated rings. The minimum Gasteiger partial charge on any atom is -0.478 e. The largest absolute Gasteiger partial charge is 0.478 e. The summed E-state index contributed by atoms with van der Waals surface area (Å²) in [7, 11) is 0.